The Morgan fingerprint density at radius 1 is 1.39 bits per heavy atom. The molecule has 2 rings (SSSR count). The summed E-state index contributed by atoms with van der Waals surface area (Å²) < 4.78 is 4.88. The number of rotatable bonds is 3. The fourth-order valence-electron chi connectivity index (χ4n) is 1.35. The lowest BCUT2D eigenvalue weighted by Gasteiger charge is -1.99. The normalized spacial score (nSPS) is 10.4. The summed E-state index contributed by atoms with van der Waals surface area (Å²) in [5, 5.41) is 3.06. The van der Waals surface area contributed by atoms with E-state index in [2.05, 4.69) is 4.98 Å². The highest BCUT2D eigenvalue weighted by atomic mass is 35.5. The summed E-state index contributed by atoms with van der Waals surface area (Å²) in [6.45, 7) is 2.09. The molecule has 0 atom stereocenters. The fourth-order valence-corrected chi connectivity index (χ4v) is 2.36. The highest BCUT2D eigenvalue weighted by Crippen LogP contribution is 2.29. The molecule has 1 aromatic heterocycles. The second-order valence-electron chi connectivity index (χ2n) is 3.39. The zero-order chi connectivity index (χ0) is 13.1. The molecule has 1 aromatic carbocycles. The van der Waals surface area contributed by atoms with E-state index >= 15 is 0 Å². The summed E-state index contributed by atoms with van der Waals surface area (Å²) in [5.41, 5.74) is 1.50. The van der Waals surface area contributed by atoms with Crippen LogP contribution in [-0.4, -0.2) is 17.6 Å². The van der Waals surface area contributed by atoms with Crippen LogP contribution in [0.4, 0.5) is 0 Å². The van der Waals surface area contributed by atoms with Crippen LogP contribution in [0.25, 0.3) is 11.3 Å². The first-order chi connectivity index (χ1) is 8.61. The van der Waals surface area contributed by atoms with Crippen molar-refractivity contribution in [1.29, 1.82) is 0 Å². The Morgan fingerprint density at radius 3 is 2.83 bits per heavy atom. The van der Waals surface area contributed by atoms with Crippen LogP contribution in [0.3, 0.4) is 0 Å². The lowest BCUT2D eigenvalue weighted by Crippen LogP contribution is -2.03. The van der Waals surface area contributed by atoms with Gasteiger partial charge in [-0.05, 0) is 19.1 Å². The first-order valence-corrected chi connectivity index (χ1v) is 6.83. The molecule has 6 heteroatoms. The molecular formula is C12H9Cl2NO2S. The van der Waals surface area contributed by atoms with Gasteiger partial charge in [0.2, 0.25) is 5.01 Å². The van der Waals surface area contributed by atoms with Crippen molar-refractivity contribution in [3.63, 3.8) is 0 Å². The minimum Gasteiger partial charge on any atom is -0.461 e. The van der Waals surface area contributed by atoms with Crippen LogP contribution >= 0.6 is 34.5 Å². The molecule has 0 aliphatic rings. The zero-order valence-corrected chi connectivity index (χ0v) is 11.8. The first-order valence-electron chi connectivity index (χ1n) is 5.20. The number of benzene rings is 1. The van der Waals surface area contributed by atoms with Crippen LogP contribution < -0.4 is 0 Å². The fraction of sp³-hybridized carbons (Fsp3) is 0.167. The number of carbonyl (C=O) groups excluding carboxylic acids is 1. The number of ether oxygens (including phenoxy) is 1. The van der Waals surface area contributed by atoms with E-state index in [0.717, 1.165) is 5.56 Å². The van der Waals surface area contributed by atoms with E-state index in [4.69, 9.17) is 27.9 Å². The van der Waals surface area contributed by atoms with Crippen molar-refractivity contribution >= 4 is 40.5 Å². The van der Waals surface area contributed by atoms with Gasteiger partial charge in [0, 0.05) is 10.9 Å². The number of esters is 1. The second kappa shape index (κ2) is 5.69. The standard InChI is InChI=1S/C12H9Cl2NO2S/c1-2-17-12(16)11-15-10(6-18-11)7-3-4-8(13)9(14)5-7/h3-6H,2H2,1H3. The van der Waals surface area contributed by atoms with Crippen LogP contribution in [0.2, 0.25) is 10.0 Å². The Balaban J connectivity index is 2.29. The Labute approximate surface area is 118 Å². The van der Waals surface area contributed by atoms with E-state index in [0.29, 0.717) is 27.4 Å². The quantitative estimate of drug-likeness (QED) is 0.794. The van der Waals surface area contributed by atoms with E-state index in [-0.39, 0.29) is 0 Å². The van der Waals surface area contributed by atoms with Crippen LogP contribution in [0, 0.1) is 0 Å². The number of thiazole rings is 1. The van der Waals surface area contributed by atoms with E-state index in [1.165, 1.54) is 11.3 Å². The van der Waals surface area contributed by atoms with Gasteiger partial charge in [-0.1, -0.05) is 29.3 Å². The summed E-state index contributed by atoms with van der Waals surface area (Å²) in [6, 6.07) is 5.22. The van der Waals surface area contributed by atoms with E-state index in [1.807, 2.05) is 0 Å². The average molecular weight is 302 g/mol. The highest BCUT2D eigenvalue weighted by Gasteiger charge is 2.13. The van der Waals surface area contributed by atoms with E-state index in [1.54, 1.807) is 30.5 Å². The summed E-state index contributed by atoms with van der Waals surface area (Å²) in [4.78, 5) is 15.7. The largest absolute Gasteiger partial charge is 0.461 e. The van der Waals surface area contributed by atoms with Crippen molar-refractivity contribution in [2.45, 2.75) is 6.92 Å². The molecule has 3 nitrogen and oxygen atoms in total. The van der Waals surface area contributed by atoms with E-state index in [9.17, 15) is 4.79 Å². The molecule has 0 aliphatic heterocycles. The molecule has 0 saturated carbocycles. The minimum atomic E-state index is -0.409. The highest BCUT2D eigenvalue weighted by molar-refractivity contribution is 7.11. The molecule has 0 radical (unpaired) electrons. The SMILES string of the molecule is CCOC(=O)c1nc(-c2ccc(Cl)c(Cl)c2)cs1. The van der Waals surface area contributed by atoms with Gasteiger partial charge in [0.05, 0.1) is 22.3 Å². The Kier molecular flexibility index (Phi) is 4.22. The smallest absolute Gasteiger partial charge is 0.367 e. The number of nitrogens with zero attached hydrogens (tertiary/aromatic N) is 1. The van der Waals surface area contributed by atoms with Gasteiger partial charge < -0.3 is 4.74 Å². The number of aromatic nitrogens is 1. The van der Waals surface area contributed by atoms with Gasteiger partial charge >= 0.3 is 5.97 Å². The lowest BCUT2D eigenvalue weighted by atomic mass is 10.2. The molecule has 1 heterocycles. The third-order valence-corrected chi connectivity index (χ3v) is 3.73. The van der Waals surface area contributed by atoms with Gasteiger partial charge in [-0.15, -0.1) is 11.3 Å². The van der Waals surface area contributed by atoms with Crippen molar-refractivity contribution in [2.75, 3.05) is 6.61 Å². The number of hydrogen-bond acceptors (Lipinski definition) is 4. The molecule has 0 saturated heterocycles. The van der Waals surface area contributed by atoms with Gasteiger partial charge in [-0.2, -0.15) is 0 Å². The lowest BCUT2D eigenvalue weighted by molar-refractivity contribution is 0.0526. The molecule has 18 heavy (non-hydrogen) atoms. The maximum atomic E-state index is 11.5. The molecule has 0 amide bonds. The maximum absolute atomic E-state index is 11.5. The second-order valence-corrected chi connectivity index (χ2v) is 5.06. The van der Waals surface area contributed by atoms with Gasteiger partial charge in [0.25, 0.3) is 0 Å². The van der Waals surface area contributed by atoms with Crippen LogP contribution in [-0.2, 0) is 4.74 Å². The molecule has 0 fully saturated rings. The Morgan fingerprint density at radius 2 is 2.17 bits per heavy atom. The third kappa shape index (κ3) is 2.83. The molecule has 0 unspecified atom stereocenters. The van der Waals surface area contributed by atoms with Gasteiger partial charge in [-0.3, -0.25) is 0 Å². The molecule has 0 spiro atoms. The molecular weight excluding hydrogens is 293 g/mol. The minimum absolute atomic E-state index is 0.331. The van der Waals surface area contributed by atoms with Gasteiger partial charge in [-0.25, -0.2) is 9.78 Å². The molecule has 0 N–H and O–H groups in total. The van der Waals surface area contributed by atoms with Crippen LogP contribution in [0.15, 0.2) is 23.6 Å². The summed E-state index contributed by atoms with van der Waals surface area (Å²) in [5.74, 6) is -0.409. The van der Waals surface area contributed by atoms with Crippen molar-refractivity contribution in [3.05, 3.63) is 38.6 Å². The predicted molar refractivity (Wildman–Crippen MR) is 73.5 cm³/mol. The third-order valence-electron chi connectivity index (χ3n) is 2.17. The number of hydrogen-bond donors (Lipinski definition) is 0. The molecule has 0 aliphatic carbocycles. The topological polar surface area (TPSA) is 39.2 Å². The number of halogens is 2. The van der Waals surface area contributed by atoms with Gasteiger partial charge in [0.15, 0.2) is 0 Å². The van der Waals surface area contributed by atoms with Crippen molar-refractivity contribution in [3.8, 4) is 11.3 Å². The summed E-state index contributed by atoms with van der Waals surface area (Å²) >= 11 is 13.0. The monoisotopic (exact) mass is 301 g/mol. The average Bonchev–Trinajstić information content (AvgIpc) is 2.82. The van der Waals surface area contributed by atoms with Crippen LogP contribution in [0.1, 0.15) is 16.7 Å². The Bertz CT molecular complexity index is 583. The number of carbonyl (C=O) groups is 1. The van der Waals surface area contributed by atoms with Crippen molar-refractivity contribution < 1.29 is 9.53 Å². The van der Waals surface area contributed by atoms with Crippen LogP contribution in [0.5, 0.6) is 0 Å². The molecule has 94 valence electrons. The predicted octanol–water partition coefficient (Wildman–Crippen LogP) is 4.29. The first kappa shape index (κ1) is 13.3. The van der Waals surface area contributed by atoms with E-state index < -0.39 is 5.97 Å². The molecule has 0 bridgehead atoms. The maximum Gasteiger partial charge on any atom is 0.367 e. The summed E-state index contributed by atoms with van der Waals surface area (Å²) in [6.07, 6.45) is 0. The molecule has 2 aromatic rings. The Hall–Kier alpha value is -1.10. The van der Waals surface area contributed by atoms with Crippen molar-refractivity contribution in [2.24, 2.45) is 0 Å². The van der Waals surface area contributed by atoms with Crippen molar-refractivity contribution in [1.82, 2.24) is 4.98 Å². The van der Waals surface area contributed by atoms with Gasteiger partial charge in [0.1, 0.15) is 0 Å². The summed E-state index contributed by atoms with van der Waals surface area (Å²) in [7, 11) is 0. The zero-order valence-electron chi connectivity index (χ0n) is 9.44.